The standard InChI is InChI=1S/C12H14BrNO2/c1-2-8-15-10-4-3-5-11-12(10)9(6-7-13)14-16-11/h3-5H,2,6-8H2,1H3. The number of halogens is 1. The highest BCUT2D eigenvalue weighted by Gasteiger charge is 2.12. The number of ether oxygens (including phenoxy) is 1. The molecule has 0 N–H and O–H groups in total. The highest BCUT2D eigenvalue weighted by atomic mass is 79.9. The van der Waals surface area contributed by atoms with Crippen molar-refractivity contribution in [3.8, 4) is 5.75 Å². The van der Waals surface area contributed by atoms with Crippen molar-refractivity contribution >= 4 is 26.9 Å². The summed E-state index contributed by atoms with van der Waals surface area (Å²) in [5.41, 5.74) is 1.75. The first-order valence-electron chi connectivity index (χ1n) is 5.43. The Bertz CT molecular complexity index is 467. The minimum atomic E-state index is 0.720. The van der Waals surface area contributed by atoms with Gasteiger partial charge in [0.05, 0.1) is 17.7 Å². The Morgan fingerprint density at radius 1 is 1.44 bits per heavy atom. The maximum absolute atomic E-state index is 5.70. The second kappa shape index (κ2) is 5.34. The van der Waals surface area contributed by atoms with Crippen molar-refractivity contribution in [2.24, 2.45) is 0 Å². The van der Waals surface area contributed by atoms with Crippen LogP contribution in [0.4, 0.5) is 0 Å². The minimum absolute atomic E-state index is 0.720. The van der Waals surface area contributed by atoms with Crippen LogP contribution in [0.2, 0.25) is 0 Å². The third-order valence-corrected chi connectivity index (χ3v) is 2.72. The first-order valence-corrected chi connectivity index (χ1v) is 6.55. The van der Waals surface area contributed by atoms with E-state index in [4.69, 9.17) is 9.26 Å². The second-order valence-electron chi connectivity index (χ2n) is 3.55. The summed E-state index contributed by atoms with van der Waals surface area (Å²) in [6.45, 7) is 2.81. The molecular formula is C12H14BrNO2. The fourth-order valence-electron chi connectivity index (χ4n) is 1.61. The molecule has 1 aromatic heterocycles. The molecule has 0 aliphatic carbocycles. The van der Waals surface area contributed by atoms with Gasteiger partial charge in [-0.25, -0.2) is 0 Å². The molecule has 2 aromatic rings. The predicted octanol–water partition coefficient (Wildman–Crippen LogP) is 3.55. The van der Waals surface area contributed by atoms with E-state index in [1.165, 1.54) is 0 Å². The smallest absolute Gasteiger partial charge is 0.170 e. The van der Waals surface area contributed by atoms with Crippen molar-refractivity contribution in [3.63, 3.8) is 0 Å². The van der Waals surface area contributed by atoms with Crippen molar-refractivity contribution in [2.45, 2.75) is 19.8 Å². The largest absolute Gasteiger partial charge is 0.493 e. The molecule has 0 spiro atoms. The van der Waals surface area contributed by atoms with Crippen LogP contribution < -0.4 is 4.74 Å². The molecule has 0 atom stereocenters. The number of fused-ring (bicyclic) bond motifs is 1. The lowest BCUT2D eigenvalue weighted by atomic mass is 10.1. The summed E-state index contributed by atoms with van der Waals surface area (Å²) in [6.07, 6.45) is 1.84. The van der Waals surface area contributed by atoms with Crippen molar-refractivity contribution in [2.75, 3.05) is 11.9 Å². The number of rotatable bonds is 5. The van der Waals surface area contributed by atoms with Crippen LogP contribution in [0.3, 0.4) is 0 Å². The van der Waals surface area contributed by atoms with Gasteiger partial charge < -0.3 is 9.26 Å². The van der Waals surface area contributed by atoms with E-state index in [0.717, 1.165) is 47.2 Å². The SMILES string of the molecule is CCCOc1cccc2onc(CCBr)c12. The van der Waals surface area contributed by atoms with Gasteiger partial charge in [-0.3, -0.25) is 0 Å². The number of hydrogen-bond acceptors (Lipinski definition) is 3. The second-order valence-corrected chi connectivity index (χ2v) is 4.34. The topological polar surface area (TPSA) is 35.3 Å². The van der Waals surface area contributed by atoms with Crippen LogP contribution in [0.15, 0.2) is 22.7 Å². The van der Waals surface area contributed by atoms with Crippen LogP contribution in [-0.4, -0.2) is 17.1 Å². The number of hydrogen-bond donors (Lipinski definition) is 0. The van der Waals surface area contributed by atoms with Crippen LogP contribution in [0, 0.1) is 0 Å². The van der Waals surface area contributed by atoms with Crippen LogP contribution >= 0.6 is 15.9 Å². The molecule has 0 bridgehead atoms. The quantitative estimate of drug-likeness (QED) is 0.787. The molecule has 2 rings (SSSR count). The summed E-state index contributed by atoms with van der Waals surface area (Å²) in [5.74, 6) is 0.872. The first-order chi connectivity index (χ1) is 7.86. The van der Waals surface area contributed by atoms with E-state index in [9.17, 15) is 0 Å². The summed E-state index contributed by atoms with van der Waals surface area (Å²) in [7, 11) is 0. The van der Waals surface area contributed by atoms with Gasteiger partial charge in [0.2, 0.25) is 0 Å². The summed E-state index contributed by atoms with van der Waals surface area (Å²) in [6, 6.07) is 5.81. The van der Waals surface area contributed by atoms with E-state index in [1.807, 2.05) is 18.2 Å². The molecule has 0 saturated heterocycles. The molecule has 0 aliphatic rings. The fraction of sp³-hybridized carbons (Fsp3) is 0.417. The maximum atomic E-state index is 5.70. The zero-order valence-electron chi connectivity index (χ0n) is 9.20. The summed E-state index contributed by atoms with van der Waals surface area (Å²) in [5, 5.41) is 5.95. The molecule has 0 unspecified atom stereocenters. The Balaban J connectivity index is 2.41. The zero-order valence-corrected chi connectivity index (χ0v) is 10.8. The molecule has 0 aliphatic heterocycles. The number of alkyl halides is 1. The van der Waals surface area contributed by atoms with Crippen molar-refractivity contribution in [3.05, 3.63) is 23.9 Å². The van der Waals surface area contributed by atoms with E-state index < -0.39 is 0 Å². The normalized spacial score (nSPS) is 10.9. The molecule has 3 nitrogen and oxygen atoms in total. The van der Waals surface area contributed by atoms with Crippen LogP contribution in [0.1, 0.15) is 19.0 Å². The lowest BCUT2D eigenvalue weighted by Crippen LogP contribution is -1.96. The summed E-state index contributed by atoms with van der Waals surface area (Å²) >= 11 is 3.41. The third kappa shape index (κ3) is 2.21. The highest BCUT2D eigenvalue weighted by Crippen LogP contribution is 2.29. The molecular weight excluding hydrogens is 270 g/mol. The van der Waals surface area contributed by atoms with E-state index in [0.29, 0.717) is 0 Å². The average Bonchev–Trinajstić information content (AvgIpc) is 2.71. The van der Waals surface area contributed by atoms with E-state index in [2.05, 4.69) is 28.0 Å². The molecule has 16 heavy (non-hydrogen) atoms. The number of aromatic nitrogens is 1. The van der Waals surface area contributed by atoms with E-state index in [1.54, 1.807) is 0 Å². The zero-order chi connectivity index (χ0) is 11.4. The predicted molar refractivity (Wildman–Crippen MR) is 67.3 cm³/mol. The average molecular weight is 284 g/mol. The van der Waals surface area contributed by atoms with Crippen molar-refractivity contribution in [1.29, 1.82) is 0 Å². The van der Waals surface area contributed by atoms with Crippen LogP contribution in [0.25, 0.3) is 11.0 Å². The fourth-order valence-corrected chi connectivity index (χ4v) is 1.99. The van der Waals surface area contributed by atoms with Gasteiger partial charge in [-0.15, -0.1) is 0 Å². The van der Waals surface area contributed by atoms with Gasteiger partial charge in [-0.2, -0.15) is 0 Å². The number of benzene rings is 1. The van der Waals surface area contributed by atoms with Crippen LogP contribution in [-0.2, 0) is 6.42 Å². The van der Waals surface area contributed by atoms with Gasteiger partial charge in [0, 0.05) is 11.8 Å². The number of nitrogens with zero attached hydrogens (tertiary/aromatic N) is 1. The van der Waals surface area contributed by atoms with Crippen LogP contribution in [0.5, 0.6) is 5.75 Å². The monoisotopic (exact) mass is 283 g/mol. The van der Waals surface area contributed by atoms with Gasteiger partial charge in [-0.1, -0.05) is 34.1 Å². The molecule has 0 radical (unpaired) electrons. The Labute approximate surface area is 103 Å². The van der Waals surface area contributed by atoms with E-state index in [-0.39, 0.29) is 0 Å². The van der Waals surface area contributed by atoms with Crippen molar-refractivity contribution in [1.82, 2.24) is 5.16 Å². The lowest BCUT2D eigenvalue weighted by Gasteiger charge is -2.05. The Morgan fingerprint density at radius 2 is 2.31 bits per heavy atom. The lowest BCUT2D eigenvalue weighted by molar-refractivity contribution is 0.321. The van der Waals surface area contributed by atoms with Gasteiger partial charge in [0.15, 0.2) is 5.58 Å². The molecule has 0 saturated carbocycles. The summed E-state index contributed by atoms with van der Waals surface area (Å²) < 4.78 is 11.0. The van der Waals surface area contributed by atoms with Gasteiger partial charge in [0.1, 0.15) is 5.75 Å². The molecule has 0 amide bonds. The highest BCUT2D eigenvalue weighted by molar-refractivity contribution is 9.09. The molecule has 86 valence electrons. The van der Waals surface area contributed by atoms with Crippen molar-refractivity contribution < 1.29 is 9.26 Å². The Kier molecular flexibility index (Phi) is 3.83. The molecule has 1 heterocycles. The first kappa shape index (κ1) is 11.5. The summed E-state index contributed by atoms with van der Waals surface area (Å²) in [4.78, 5) is 0. The molecule has 1 aromatic carbocycles. The Hall–Kier alpha value is -1.03. The Morgan fingerprint density at radius 3 is 3.06 bits per heavy atom. The molecule has 0 fully saturated rings. The van der Waals surface area contributed by atoms with Gasteiger partial charge >= 0.3 is 0 Å². The van der Waals surface area contributed by atoms with E-state index >= 15 is 0 Å². The van der Waals surface area contributed by atoms with Gasteiger partial charge in [-0.05, 0) is 18.6 Å². The maximum Gasteiger partial charge on any atom is 0.170 e. The molecule has 4 heteroatoms. The minimum Gasteiger partial charge on any atom is -0.493 e. The van der Waals surface area contributed by atoms with Gasteiger partial charge in [0.25, 0.3) is 0 Å². The third-order valence-electron chi connectivity index (χ3n) is 2.32. The number of aryl methyl sites for hydroxylation is 1.